The van der Waals surface area contributed by atoms with Crippen LogP contribution in [0.5, 0.6) is 5.75 Å². The highest BCUT2D eigenvalue weighted by molar-refractivity contribution is 5.76. The molecule has 2 aromatic rings. The molecule has 1 amide bonds. The van der Waals surface area contributed by atoms with Crippen molar-refractivity contribution in [2.75, 3.05) is 13.7 Å². The summed E-state index contributed by atoms with van der Waals surface area (Å²) < 4.78 is 5.08. The number of methoxy groups -OCH3 is 1. The normalized spacial score (nSPS) is 13.2. The van der Waals surface area contributed by atoms with Gasteiger partial charge in [0.1, 0.15) is 5.75 Å². The highest BCUT2D eigenvalue weighted by Gasteiger charge is 2.13. The van der Waals surface area contributed by atoms with E-state index in [2.05, 4.69) is 5.32 Å². The third kappa shape index (κ3) is 5.11. The number of benzene rings is 2. The van der Waals surface area contributed by atoms with E-state index >= 15 is 0 Å². The Balaban J connectivity index is 1.81. The molecule has 0 bridgehead atoms. The van der Waals surface area contributed by atoms with Crippen molar-refractivity contribution in [1.29, 1.82) is 0 Å². The van der Waals surface area contributed by atoms with Gasteiger partial charge in [-0.3, -0.25) is 4.79 Å². The molecule has 2 atom stereocenters. The second-order valence-corrected chi connectivity index (χ2v) is 5.61. The fourth-order valence-electron chi connectivity index (χ4n) is 2.40. The average Bonchev–Trinajstić information content (AvgIpc) is 2.60. The summed E-state index contributed by atoms with van der Waals surface area (Å²) in [5, 5.41) is 12.9. The number of rotatable bonds is 7. The van der Waals surface area contributed by atoms with Crippen molar-refractivity contribution >= 4 is 5.91 Å². The molecule has 122 valence electrons. The lowest BCUT2D eigenvalue weighted by Gasteiger charge is -2.15. The summed E-state index contributed by atoms with van der Waals surface area (Å²) in [4.78, 5) is 12.0. The van der Waals surface area contributed by atoms with E-state index in [1.807, 2.05) is 37.3 Å². The molecule has 23 heavy (non-hydrogen) atoms. The highest BCUT2D eigenvalue weighted by Crippen LogP contribution is 2.19. The number of carbonyl (C=O) groups excluding carboxylic acids is 1. The minimum absolute atomic E-state index is 0.0612. The zero-order valence-corrected chi connectivity index (χ0v) is 13.5. The first-order valence-corrected chi connectivity index (χ1v) is 7.74. The van der Waals surface area contributed by atoms with E-state index < -0.39 is 6.10 Å². The maximum atomic E-state index is 12.0. The molecule has 2 rings (SSSR count). The Kier molecular flexibility index (Phi) is 6.18. The average molecular weight is 313 g/mol. The van der Waals surface area contributed by atoms with Crippen LogP contribution < -0.4 is 10.1 Å². The van der Waals surface area contributed by atoms with Crippen molar-refractivity contribution in [3.05, 3.63) is 65.7 Å². The molecule has 0 fully saturated rings. The lowest BCUT2D eigenvalue weighted by atomic mass is 9.97. The monoisotopic (exact) mass is 313 g/mol. The molecule has 0 aliphatic rings. The zero-order chi connectivity index (χ0) is 16.7. The van der Waals surface area contributed by atoms with E-state index in [-0.39, 0.29) is 18.4 Å². The smallest absolute Gasteiger partial charge is 0.220 e. The van der Waals surface area contributed by atoms with Crippen LogP contribution in [0.15, 0.2) is 54.6 Å². The summed E-state index contributed by atoms with van der Waals surface area (Å²) in [6.07, 6.45) is -0.323. The van der Waals surface area contributed by atoms with Gasteiger partial charge in [-0.25, -0.2) is 0 Å². The fraction of sp³-hybridized carbons (Fsp3) is 0.316. The second-order valence-electron chi connectivity index (χ2n) is 5.61. The van der Waals surface area contributed by atoms with Gasteiger partial charge in [-0.15, -0.1) is 0 Å². The standard InChI is InChI=1S/C19H23NO3/c1-14(15-6-4-3-5-7-15)12-19(22)20-13-18(21)16-8-10-17(23-2)11-9-16/h3-11,14,18,21H,12-13H2,1-2H3,(H,20,22). The van der Waals surface area contributed by atoms with Crippen LogP contribution in [0.2, 0.25) is 0 Å². The zero-order valence-electron chi connectivity index (χ0n) is 13.5. The van der Waals surface area contributed by atoms with Crippen LogP contribution in [0.3, 0.4) is 0 Å². The van der Waals surface area contributed by atoms with E-state index in [0.29, 0.717) is 6.42 Å². The number of hydrogen-bond acceptors (Lipinski definition) is 3. The maximum Gasteiger partial charge on any atom is 0.220 e. The number of hydrogen-bond donors (Lipinski definition) is 2. The van der Waals surface area contributed by atoms with Crippen molar-refractivity contribution in [2.45, 2.75) is 25.4 Å². The summed E-state index contributed by atoms with van der Waals surface area (Å²) >= 11 is 0. The van der Waals surface area contributed by atoms with Gasteiger partial charge in [-0.05, 0) is 29.2 Å². The van der Waals surface area contributed by atoms with Crippen molar-refractivity contribution in [3.63, 3.8) is 0 Å². The number of carbonyl (C=O) groups is 1. The van der Waals surface area contributed by atoms with Crippen molar-refractivity contribution < 1.29 is 14.6 Å². The summed E-state index contributed by atoms with van der Waals surface area (Å²) in [6.45, 7) is 2.22. The molecule has 4 heteroatoms. The predicted octanol–water partition coefficient (Wildman–Crippen LogP) is 3.04. The Bertz CT molecular complexity index is 610. The number of nitrogens with one attached hydrogen (secondary N) is 1. The van der Waals surface area contributed by atoms with Gasteiger partial charge in [-0.1, -0.05) is 49.4 Å². The first-order chi connectivity index (χ1) is 11.1. The minimum Gasteiger partial charge on any atom is -0.497 e. The largest absolute Gasteiger partial charge is 0.497 e. The Hall–Kier alpha value is -2.33. The SMILES string of the molecule is COc1ccc(C(O)CNC(=O)CC(C)c2ccccc2)cc1. The van der Waals surface area contributed by atoms with Gasteiger partial charge in [0, 0.05) is 13.0 Å². The van der Waals surface area contributed by atoms with Crippen molar-refractivity contribution in [1.82, 2.24) is 5.32 Å². The third-order valence-corrected chi connectivity index (χ3v) is 3.85. The molecule has 2 aromatic carbocycles. The van der Waals surface area contributed by atoms with Crippen LogP contribution in [-0.2, 0) is 4.79 Å². The first kappa shape index (κ1) is 17.0. The molecule has 4 nitrogen and oxygen atoms in total. The Morgan fingerprint density at radius 1 is 1.09 bits per heavy atom. The quantitative estimate of drug-likeness (QED) is 0.826. The molecule has 2 unspecified atom stereocenters. The van der Waals surface area contributed by atoms with Crippen LogP contribution in [0.1, 0.15) is 36.5 Å². The van der Waals surface area contributed by atoms with Gasteiger partial charge in [0.25, 0.3) is 0 Å². The minimum atomic E-state index is -0.725. The lowest BCUT2D eigenvalue weighted by molar-refractivity contribution is -0.121. The molecule has 0 saturated carbocycles. The van der Waals surface area contributed by atoms with Crippen LogP contribution in [-0.4, -0.2) is 24.7 Å². The second kappa shape index (κ2) is 8.34. The summed E-state index contributed by atoms with van der Waals surface area (Å²) in [7, 11) is 1.60. The molecule has 2 N–H and O–H groups in total. The van der Waals surface area contributed by atoms with Gasteiger partial charge < -0.3 is 15.2 Å². The lowest BCUT2D eigenvalue weighted by Crippen LogP contribution is -2.29. The summed E-state index contributed by atoms with van der Waals surface area (Å²) in [6, 6.07) is 17.1. The maximum absolute atomic E-state index is 12.0. The Labute approximate surface area is 137 Å². The molecule has 0 spiro atoms. The van der Waals surface area contributed by atoms with E-state index in [1.54, 1.807) is 31.4 Å². The number of aliphatic hydroxyl groups excluding tert-OH is 1. The number of amides is 1. The molecule has 0 heterocycles. The topological polar surface area (TPSA) is 58.6 Å². The molecule has 0 saturated heterocycles. The van der Waals surface area contributed by atoms with Gasteiger partial charge >= 0.3 is 0 Å². The van der Waals surface area contributed by atoms with Gasteiger partial charge in [-0.2, -0.15) is 0 Å². The van der Waals surface area contributed by atoms with E-state index in [0.717, 1.165) is 16.9 Å². The number of ether oxygens (including phenoxy) is 1. The van der Waals surface area contributed by atoms with Crippen LogP contribution >= 0.6 is 0 Å². The van der Waals surface area contributed by atoms with Gasteiger partial charge in [0.05, 0.1) is 13.2 Å². The Morgan fingerprint density at radius 3 is 2.35 bits per heavy atom. The first-order valence-electron chi connectivity index (χ1n) is 7.74. The van der Waals surface area contributed by atoms with E-state index in [4.69, 9.17) is 4.74 Å². The van der Waals surface area contributed by atoms with Gasteiger partial charge in [0.2, 0.25) is 5.91 Å². The van der Waals surface area contributed by atoms with Crippen LogP contribution in [0.4, 0.5) is 0 Å². The molecule has 0 aliphatic heterocycles. The molecule has 0 aliphatic carbocycles. The van der Waals surface area contributed by atoms with Gasteiger partial charge in [0.15, 0.2) is 0 Å². The van der Waals surface area contributed by atoms with E-state index in [1.165, 1.54) is 0 Å². The summed E-state index contributed by atoms with van der Waals surface area (Å²) in [5.74, 6) is 0.824. The molecule has 0 aromatic heterocycles. The molecular formula is C19H23NO3. The fourth-order valence-corrected chi connectivity index (χ4v) is 2.40. The predicted molar refractivity (Wildman–Crippen MR) is 90.4 cm³/mol. The highest BCUT2D eigenvalue weighted by atomic mass is 16.5. The number of aliphatic hydroxyl groups is 1. The van der Waals surface area contributed by atoms with Crippen molar-refractivity contribution in [3.8, 4) is 5.75 Å². The molecular weight excluding hydrogens is 290 g/mol. The van der Waals surface area contributed by atoms with Crippen molar-refractivity contribution in [2.24, 2.45) is 0 Å². The van der Waals surface area contributed by atoms with Crippen LogP contribution in [0.25, 0.3) is 0 Å². The van der Waals surface area contributed by atoms with Crippen LogP contribution in [0, 0.1) is 0 Å². The Morgan fingerprint density at radius 2 is 1.74 bits per heavy atom. The third-order valence-electron chi connectivity index (χ3n) is 3.85. The molecule has 0 radical (unpaired) electrons. The van der Waals surface area contributed by atoms with E-state index in [9.17, 15) is 9.90 Å². The summed E-state index contributed by atoms with van der Waals surface area (Å²) in [5.41, 5.74) is 1.89.